The first kappa shape index (κ1) is 14.1. The SMILES string of the molecule is C[C@H](NC(=O)c1cccc(Br)c1Cl)c1ccccc1. The molecule has 0 heterocycles. The average Bonchev–Trinajstić information content (AvgIpc) is 2.42. The zero-order chi connectivity index (χ0) is 13.8. The van der Waals surface area contributed by atoms with E-state index >= 15 is 0 Å². The van der Waals surface area contributed by atoms with Gasteiger partial charge in [-0.2, -0.15) is 0 Å². The van der Waals surface area contributed by atoms with Crippen molar-refractivity contribution in [2.45, 2.75) is 13.0 Å². The van der Waals surface area contributed by atoms with E-state index in [1.807, 2.05) is 37.3 Å². The van der Waals surface area contributed by atoms with Crippen LogP contribution in [0.15, 0.2) is 53.0 Å². The molecule has 98 valence electrons. The van der Waals surface area contributed by atoms with Gasteiger partial charge >= 0.3 is 0 Å². The highest BCUT2D eigenvalue weighted by molar-refractivity contribution is 9.10. The van der Waals surface area contributed by atoms with Gasteiger partial charge in [0.1, 0.15) is 0 Å². The maximum Gasteiger partial charge on any atom is 0.253 e. The van der Waals surface area contributed by atoms with E-state index in [9.17, 15) is 4.79 Å². The third kappa shape index (κ3) is 3.37. The van der Waals surface area contributed by atoms with Crippen LogP contribution in [0.4, 0.5) is 0 Å². The molecule has 0 saturated carbocycles. The van der Waals surface area contributed by atoms with Crippen molar-refractivity contribution < 1.29 is 4.79 Å². The highest BCUT2D eigenvalue weighted by atomic mass is 79.9. The second-order valence-corrected chi connectivity index (χ2v) is 5.44. The van der Waals surface area contributed by atoms with Crippen molar-refractivity contribution >= 4 is 33.4 Å². The molecule has 4 heteroatoms. The Hall–Kier alpha value is -1.32. The first-order valence-electron chi connectivity index (χ1n) is 5.89. The Morgan fingerprint density at radius 3 is 2.53 bits per heavy atom. The molecule has 1 amide bonds. The van der Waals surface area contributed by atoms with Gasteiger partial charge in [-0.05, 0) is 40.5 Å². The number of halogens is 2. The summed E-state index contributed by atoms with van der Waals surface area (Å²) in [6.07, 6.45) is 0. The van der Waals surface area contributed by atoms with Crippen molar-refractivity contribution in [2.24, 2.45) is 0 Å². The number of benzene rings is 2. The summed E-state index contributed by atoms with van der Waals surface area (Å²) in [6.45, 7) is 1.94. The van der Waals surface area contributed by atoms with Gasteiger partial charge in [0.15, 0.2) is 0 Å². The molecule has 1 atom stereocenters. The van der Waals surface area contributed by atoms with Crippen LogP contribution in [-0.2, 0) is 0 Å². The molecular weight excluding hydrogens is 326 g/mol. The van der Waals surface area contributed by atoms with E-state index in [0.29, 0.717) is 15.1 Å². The van der Waals surface area contributed by atoms with Crippen molar-refractivity contribution in [1.29, 1.82) is 0 Å². The van der Waals surface area contributed by atoms with Gasteiger partial charge in [0.2, 0.25) is 0 Å². The third-order valence-electron chi connectivity index (χ3n) is 2.84. The molecular formula is C15H13BrClNO. The fourth-order valence-electron chi connectivity index (χ4n) is 1.78. The zero-order valence-electron chi connectivity index (χ0n) is 10.4. The molecule has 2 aromatic rings. The number of carbonyl (C=O) groups is 1. The van der Waals surface area contributed by atoms with Crippen LogP contribution in [0.3, 0.4) is 0 Å². The number of hydrogen-bond donors (Lipinski definition) is 1. The molecule has 0 aromatic heterocycles. The topological polar surface area (TPSA) is 29.1 Å². The van der Waals surface area contributed by atoms with Crippen molar-refractivity contribution in [2.75, 3.05) is 0 Å². The van der Waals surface area contributed by atoms with E-state index in [1.165, 1.54) is 0 Å². The minimum atomic E-state index is -0.178. The van der Waals surface area contributed by atoms with E-state index < -0.39 is 0 Å². The molecule has 0 aliphatic rings. The molecule has 0 saturated heterocycles. The van der Waals surface area contributed by atoms with Crippen LogP contribution in [0, 0.1) is 0 Å². The maximum atomic E-state index is 12.2. The molecule has 0 spiro atoms. The summed E-state index contributed by atoms with van der Waals surface area (Å²) in [6, 6.07) is 15.0. The number of nitrogens with one attached hydrogen (secondary N) is 1. The van der Waals surface area contributed by atoms with Crippen LogP contribution in [0.2, 0.25) is 5.02 Å². The number of hydrogen-bond acceptors (Lipinski definition) is 1. The lowest BCUT2D eigenvalue weighted by atomic mass is 10.1. The van der Waals surface area contributed by atoms with Crippen LogP contribution in [0.5, 0.6) is 0 Å². The lowest BCUT2D eigenvalue weighted by Crippen LogP contribution is -2.26. The molecule has 0 aliphatic heterocycles. The van der Waals surface area contributed by atoms with Crippen molar-refractivity contribution in [3.05, 3.63) is 69.2 Å². The lowest BCUT2D eigenvalue weighted by molar-refractivity contribution is 0.0940. The first-order valence-corrected chi connectivity index (χ1v) is 7.06. The van der Waals surface area contributed by atoms with Gasteiger partial charge in [-0.25, -0.2) is 0 Å². The predicted octanol–water partition coefficient (Wildman–Crippen LogP) is 4.59. The highest BCUT2D eigenvalue weighted by Gasteiger charge is 2.15. The summed E-state index contributed by atoms with van der Waals surface area (Å²) >= 11 is 9.42. The molecule has 0 bridgehead atoms. The van der Waals surface area contributed by atoms with Gasteiger partial charge in [0.25, 0.3) is 5.91 Å². The summed E-state index contributed by atoms with van der Waals surface area (Å²) in [5, 5.41) is 3.37. The fourth-order valence-corrected chi connectivity index (χ4v) is 2.36. The van der Waals surface area contributed by atoms with Crippen LogP contribution >= 0.6 is 27.5 Å². The van der Waals surface area contributed by atoms with Crippen LogP contribution < -0.4 is 5.32 Å². The van der Waals surface area contributed by atoms with Gasteiger partial charge in [0, 0.05) is 4.47 Å². The van der Waals surface area contributed by atoms with Crippen molar-refractivity contribution in [3.8, 4) is 0 Å². The Morgan fingerprint density at radius 1 is 1.16 bits per heavy atom. The minimum Gasteiger partial charge on any atom is -0.345 e. The Balaban J connectivity index is 2.16. The summed E-state index contributed by atoms with van der Waals surface area (Å²) < 4.78 is 0.717. The molecule has 0 fully saturated rings. The summed E-state index contributed by atoms with van der Waals surface area (Å²) in [4.78, 5) is 12.2. The average molecular weight is 339 g/mol. The van der Waals surface area contributed by atoms with Gasteiger partial charge in [-0.15, -0.1) is 0 Å². The highest BCUT2D eigenvalue weighted by Crippen LogP contribution is 2.26. The molecule has 2 aromatic carbocycles. The summed E-state index contributed by atoms with van der Waals surface area (Å²) in [5.74, 6) is -0.178. The van der Waals surface area contributed by atoms with Crippen molar-refractivity contribution in [3.63, 3.8) is 0 Å². The van der Waals surface area contributed by atoms with Crippen molar-refractivity contribution in [1.82, 2.24) is 5.32 Å². The standard InChI is InChI=1S/C15H13BrClNO/c1-10(11-6-3-2-4-7-11)18-15(19)12-8-5-9-13(16)14(12)17/h2-10H,1H3,(H,18,19)/t10-/m0/s1. The van der Waals surface area contributed by atoms with E-state index in [2.05, 4.69) is 21.2 Å². The number of rotatable bonds is 3. The molecule has 0 aliphatic carbocycles. The quantitative estimate of drug-likeness (QED) is 0.871. The van der Waals surface area contributed by atoms with Crippen LogP contribution in [0.25, 0.3) is 0 Å². The van der Waals surface area contributed by atoms with Gasteiger partial charge < -0.3 is 5.32 Å². The molecule has 19 heavy (non-hydrogen) atoms. The Kier molecular flexibility index (Phi) is 4.61. The van der Waals surface area contributed by atoms with E-state index in [4.69, 9.17) is 11.6 Å². The number of amides is 1. The Labute approximate surface area is 125 Å². The maximum absolute atomic E-state index is 12.2. The summed E-state index contributed by atoms with van der Waals surface area (Å²) in [7, 11) is 0. The second-order valence-electron chi connectivity index (χ2n) is 4.21. The first-order chi connectivity index (χ1) is 9.09. The summed E-state index contributed by atoms with van der Waals surface area (Å²) in [5.41, 5.74) is 1.53. The van der Waals surface area contributed by atoms with Crippen LogP contribution in [0.1, 0.15) is 28.9 Å². The largest absolute Gasteiger partial charge is 0.345 e. The lowest BCUT2D eigenvalue weighted by Gasteiger charge is -2.15. The third-order valence-corrected chi connectivity index (χ3v) is 4.14. The zero-order valence-corrected chi connectivity index (χ0v) is 12.7. The van der Waals surface area contributed by atoms with Gasteiger partial charge in [0.05, 0.1) is 16.6 Å². The molecule has 0 radical (unpaired) electrons. The Bertz CT molecular complexity index is 586. The van der Waals surface area contributed by atoms with Crippen LogP contribution in [-0.4, -0.2) is 5.91 Å². The van der Waals surface area contributed by atoms with E-state index in [1.54, 1.807) is 18.2 Å². The normalized spacial score (nSPS) is 11.9. The van der Waals surface area contributed by atoms with E-state index in [-0.39, 0.29) is 11.9 Å². The Morgan fingerprint density at radius 2 is 1.84 bits per heavy atom. The molecule has 2 rings (SSSR count). The smallest absolute Gasteiger partial charge is 0.253 e. The second kappa shape index (κ2) is 6.22. The molecule has 1 N–H and O–H groups in total. The molecule has 0 unspecified atom stereocenters. The fraction of sp³-hybridized carbons (Fsp3) is 0.133. The molecule has 2 nitrogen and oxygen atoms in total. The predicted molar refractivity (Wildman–Crippen MR) is 81.5 cm³/mol. The van der Waals surface area contributed by atoms with E-state index in [0.717, 1.165) is 5.56 Å². The number of carbonyl (C=O) groups excluding carboxylic acids is 1. The minimum absolute atomic E-state index is 0.0660. The van der Waals surface area contributed by atoms with Gasteiger partial charge in [-0.1, -0.05) is 48.0 Å². The monoisotopic (exact) mass is 337 g/mol. The van der Waals surface area contributed by atoms with Gasteiger partial charge in [-0.3, -0.25) is 4.79 Å².